The molecule has 0 amide bonds. The number of Topliss-reactive ketones (excluding diaryl/α,β-unsaturated/α-hetero) is 1. The third kappa shape index (κ3) is 5.05. The second-order valence-corrected chi connectivity index (χ2v) is 9.26. The molecule has 5 rings (SSSR count). The van der Waals surface area contributed by atoms with Gasteiger partial charge in [0.1, 0.15) is 17.1 Å². The smallest absolute Gasteiger partial charge is 0.282 e. The molecular weight excluding hydrogens is 508 g/mol. The normalized spacial score (nSPS) is 11.0. The van der Waals surface area contributed by atoms with E-state index in [2.05, 4.69) is 9.97 Å². The minimum atomic E-state index is -0.321. The van der Waals surface area contributed by atoms with Crippen molar-refractivity contribution in [3.8, 4) is 28.7 Å². The lowest BCUT2D eigenvalue weighted by Crippen LogP contribution is -2.24. The first-order chi connectivity index (χ1) is 19.4. The Labute approximate surface area is 231 Å². The Morgan fingerprint density at radius 3 is 2.35 bits per heavy atom. The number of para-hydroxylation sites is 1. The number of ether oxygens (including phenoxy) is 3. The predicted octanol–water partition coefficient (Wildman–Crippen LogP) is 5.54. The Hall–Kier alpha value is -4.92. The van der Waals surface area contributed by atoms with Crippen LogP contribution >= 0.6 is 0 Å². The van der Waals surface area contributed by atoms with Gasteiger partial charge in [-0.15, -0.1) is 0 Å². The van der Waals surface area contributed by atoms with E-state index in [9.17, 15) is 9.59 Å². The van der Waals surface area contributed by atoms with E-state index in [0.29, 0.717) is 46.4 Å². The molecule has 0 saturated carbocycles. The van der Waals surface area contributed by atoms with Crippen LogP contribution in [0.25, 0.3) is 16.6 Å². The van der Waals surface area contributed by atoms with Crippen LogP contribution < -0.4 is 19.8 Å². The summed E-state index contributed by atoms with van der Waals surface area (Å²) in [6.07, 6.45) is 4.04. The summed E-state index contributed by atoms with van der Waals surface area (Å²) in [5.74, 6) is 1.94. The zero-order chi connectivity index (χ0) is 28.2. The fourth-order valence-electron chi connectivity index (χ4n) is 4.77. The lowest BCUT2D eigenvalue weighted by molar-refractivity contribution is 0.0990. The van der Waals surface area contributed by atoms with Gasteiger partial charge in [0.05, 0.1) is 38.0 Å². The summed E-state index contributed by atoms with van der Waals surface area (Å²) < 4.78 is 20.4. The Bertz CT molecular complexity index is 1720. The van der Waals surface area contributed by atoms with Crippen LogP contribution in [0.3, 0.4) is 0 Å². The van der Waals surface area contributed by atoms with Crippen molar-refractivity contribution in [2.45, 2.75) is 33.2 Å². The molecule has 9 nitrogen and oxygen atoms in total. The summed E-state index contributed by atoms with van der Waals surface area (Å²) in [4.78, 5) is 35.6. The molecule has 40 heavy (non-hydrogen) atoms. The first-order valence-corrected chi connectivity index (χ1v) is 13.0. The third-order valence-electron chi connectivity index (χ3n) is 6.69. The topological polar surface area (TPSA) is 97.5 Å². The molecular formula is C31H30N4O5. The summed E-state index contributed by atoms with van der Waals surface area (Å²) in [7, 11) is 3.14. The van der Waals surface area contributed by atoms with Crippen molar-refractivity contribution in [3.63, 3.8) is 0 Å². The number of fused-ring (bicyclic) bond motifs is 1. The van der Waals surface area contributed by atoms with Gasteiger partial charge in [-0.2, -0.15) is 0 Å². The maximum atomic E-state index is 13.4. The van der Waals surface area contributed by atoms with Crippen molar-refractivity contribution in [2.75, 3.05) is 14.2 Å². The first-order valence-electron chi connectivity index (χ1n) is 13.0. The van der Waals surface area contributed by atoms with Crippen molar-refractivity contribution >= 4 is 16.7 Å². The Morgan fingerprint density at radius 1 is 0.925 bits per heavy atom. The zero-order valence-corrected chi connectivity index (χ0v) is 22.9. The molecule has 0 saturated heterocycles. The van der Waals surface area contributed by atoms with Crippen LogP contribution in [0.15, 0.2) is 77.9 Å². The van der Waals surface area contributed by atoms with Crippen molar-refractivity contribution < 1.29 is 19.0 Å². The number of pyridine rings is 2. The van der Waals surface area contributed by atoms with Crippen LogP contribution in [0.4, 0.5) is 0 Å². The number of hydrogen-bond donors (Lipinski definition) is 0. The highest BCUT2D eigenvalue weighted by Gasteiger charge is 2.24. The van der Waals surface area contributed by atoms with E-state index >= 15 is 0 Å². The molecule has 0 fully saturated rings. The molecule has 3 aromatic heterocycles. The molecule has 0 bridgehead atoms. The Morgan fingerprint density at radius 2 is 1.68 bits per heavy atom. The second-order valence-electron chi connectivity index (χ2n) is 9.26. The predicted molar refractivity (Wildman–Crippen MR) is 152 cm³/mol. The summed E-state index contributed by atoms with van der Waals surface area (Å²) in [6.45, 7) is 4.48. The van der Waals surface area contributed by atoms with Gasteiger partial charge in [-0.25, -0.2) is 4.68 Å². The lowest BCUT2D eigenvalue weighted by atomic mass is 10.1. The number of nitrogens with zero attached hydrogens (tertiary/aromatic N) is 4. The minimum absolute atomic E-state index is 0.00350. The number of benzene rings is 2. The van der Waals surface area contributed by atoms with E-state index in [0.717, 1.165) is 17.5 Å². The number of aromatic nitrogens is 4. The quantitative estimate of drug-likeness (QED) is 0.216. The van der Waals surface area contributed by atoms with Crippen molar-refractivity contribution in [1.82, 2.24) is 19.3 Å². The molecule has 0 unspecified atom stereocenters. The van der Waals surface area contributed by atoms with Gasteiger partial charge in [-0.3, -0.25) is 24.2 Å². The van der Waals surface area contributed by atoms with Gasteiger partial charge in [0, 0.05) is 35.6 Å². The standard InChI is InChI=1S/C31H30N4O5/c1-5-15-34-20(2)30(31(37)35(34)22-9-7-6-8-10-22)26(36)16-21-11-12-23(19-33-21)40-27-13-14-32-25-18-29(39-4)28(38-3)17-24(25)27/h6-14,17-19H,5,15-16H2,1-4H3. The van der Waals surface area contributed by atoms with Crippen molar-refractivity contribution in [1.29, 1.82) is 0 Å². The third-order valence-corrected chi connectivity index (χ3v) is 6.69. The van der Waals surface area contributed by atoms with Gasteiger partial charge >= 0.3 is 0 Å². The fourth-order valence-corrected chi connectivity index (χ4v) is 4.77. The van der Waals surface area contributed by atoms with E-state index in [1.807, 2.05) is 54.9 Å². The van der Waals surface area contributed by atoms with Crippen molar-refractivity contribution in [3.05, 3.63) is 100 Å². The van der Waals surface area contributed by atoms with Gasteiger partial charge in [-0.05, 0) is 49.7 Å². The average molecular weight is 539 g/mol. The molecule has 0 spiro atoms. The summed E-state index contributed by atoms with van der Waals surface area (Å²) in [6, 6.07) is 18.2. The van der Waals surface area contributed by atoms with E-state index in [-0.39, 0.29) is 23.3 Å². The lowest BCUT2D eigenvalue weighted by Gasteiger charge is -2.12. The maximum absolute atomic E-state index is 13.4. The Kier molecular flexibility index (Phi) is 7.63. The Balaban J connectivity index is 1.39. The molecule has 0 aliphatic rings. The maximum Gasteiger partial charge on any atom is 0.282 e. The highest BCUT2D eigenvalue weighted by molar-refractivity contribution is 5.98. The van der Waals surface area contributed by atoms with Gasteiger partial charge in [0.15, 0.2) is 17.3 Å². The molecule has 2 aromatic carbocycles. The van der Waals surface area contributed by atoms with E-state index in [1.54, 1.807) is 55.6 Å². The van der Waals surface area contributed by atoms with Crippen LogP contribution in [0.5, 0.6) is 23.0 Å². The second kappa shape index (κ2) is 11.4. The summed E-state index contributed by atoms with van der Waals surface area (Å²) in [5.41, 5.74) is 2.47. The van der Waals surface area contributed by atoms with Gasteiger partial charge in [0.2, 0.25) is 0 Å². The van der Waals surface area contributed by atoms with E-state index in [1.165, 1.54) is 0 Å². The van der Waals surface area contributed by atoms with E-state index in [4.69, 9.17) is 14.2 Å². The number of methoxy groups -OCH3 is 2. The van der Waals surface area contributed by atoms with Gasteiger partial charge in [0.25, 0.3) is 5.56 Å². The fraction of sp³-hybridized carbons (Fsp3) is 0.226. The number of rotatable bonds is 10. The van der Waals surface area contributed by atoms with Crippen LogP contribution in [-0.2, 0) is 13.0 Å². The van der Waals surface area contributed by atoms with Gasteiger partial charge < -0.3 is 14.2 Å². The minimum Gasteiger partial charge on any atom is -0.493 e. The van der Waals surface area contributed by atoms with Crippen LogP contribution in [-0.4, -0.2) is 39.3 Å². The first kappa shape index (κ1) is 26.7. The highest BCUT2D eigenvalue weighted by Crippen LogP contribution is 2.36. The number of carbonyl (C=O) groups is 1. The molecule has 0 N–H and O–H groups in total. The van der Waals surface area contributed by atoms with Crippen LogP contribution in [0.1, 0.15) is 35.1 Å². The molecule has 9 heteroatoms. The van der Waals surface area contributed by atoms with Crippen LogP contribution in [0, 0.1) is 6.92 Å². The number of hydrogen-bond acceptors (Lipinski definition) is 7. The molecule has 0 aliphatic carbocycles. The summed E-state index contributed by atoms with van der Waals surface area (Å²) >= 11 is 0. The molecule has 0 atom stereocenters. The molecule has 3 heterocycles. The molecule has 0 aliphatic heterocycles. The number of ketones is 1. The van der Waals surface area contributed by atoms with Crippen LogP contribution in [0.2, 0.25) is 0 Å². The van der Waals surface area contributed by atoms with E-state index < -0.39 is 0 Å². The SMILES string of the molecule is CCCn1c(C)c(C(=O)Cc2ccc(Oc3ccnc4cc(OC)c(OC)cc34)cn2)c(=O)n1-c1ccccc1. The number of carbonyl (C=O) groups excluding carboxylic acids is 1. The molecule has 5 aromatic rings. The molecule has 0 radical (unpaired) electrons. The average Bonchev–Trinajstić information content (AvgIpc) is 3.22. The largest absolute Gasteiger partial charge is 0.493 e. The monoisotopic (exact) mass is 538 g/mol. The summed E-state index contributed by atoms with van der Waals surface area (Å²) in [5, 5.41) is 0.751. The molecule has 204 valence electrons. The van der Waals surface area contributed by atoms with Crippen molar-refractivity contribution in [2.24, 2.45) is 0 Å². The van der Waals surface area contributed by atoms with Gasteiger partial charge in [-0.1, -0.05) is 25.1 Å². The zero-order valence-electron chi connectivity index (χ0n) is 22.9. The highest BCUT2D eigenvalue weighted by atomic mass is 16.5.